The predicted molar refractivity (Wildman–Crippen MR) is 106 cm³/mol. The first-order valence-corrected chi connectivity index (χ1v) is 9.25. The van der Waals surface area contributed by atoms with Crippen molar-refractivity contribution in [2.75, 3.05) is 11.9 Å². The van der Waals surface area contributed by atoms with Crippen molar-refractivity contribution in [3.8, 4) is 0 Å². The third-order valence-electron chi connectivity index (χ3n) is 4.28. The monoisotopic (exact) mass is 436 g/mol. The molecule has 0 unspecified atom stereocenters. The zero-order chi connectivity index (χ0) is 23.1. The number of anilines is 1. The number of halogens is 3. The number of hydrogen-bond donors (Lipinski definition) is 1. The molecular weight excluding hydrogens is 417 g/mol. The Balaban J connectivity index is 2.59. The minimum Gasteiger partial charge on any atom is -0.462 e. The van der Waals surface area contributed by atoms with Gasteiger partial charge < -0.3 is 10.1 Å². The summed E-state index contributed by atoms with van der Waals surface area (Å²) >= 11 is 0. The van der Waals surface area contributed by atoms with Crippen LogP contribution in [0.25, 0.3) is 0 Å². The Morgan fingerprint density at radius 3 is 2.35 bits per heavy atom. The second-order valence-corrected chi connectivity index (χ2v) is 6.43. The van der Waals surface area contributed by atoms with Gasteiger partial charge >= 0.3 is 11.7 Å². The van der Waals surface area contributed by atoms with E-state index in [1.807, 2.05) is 6.92 Å². The number of carbonyl (C=O) groups is 2. The lowest BCUT2D eigenvalue weighted by atomic mass is 9.98. The van der Waals surface area contributed by atoms with Crippen LogP contribution in [0.4, 0.5) is 24.5 Å². The van der Waals surface area contributed by atoms with E-state index in [1.165, 1.54) is 0 Å². The zero-order valence-electron chi connectivity index (χ0n) is 16.7. The molecular formula is C21H19F3N2O5. The molecule has 0 radical (unpaired) electrons. The van der Waals surface area contributed by atoms with E-state index in [2.05, 4.69) is 5.32 Å². The maximum Gasteiger partial charge on any atom is 0.343 e. The van der Waals surface area contributed by atoms with Crippen LogP contribution in [0, 0.1) is 34.5 Å². The van der Waals surface area contributed by atoms with Crippen molar-refractivity contribution in [3.63, 3.8) is 0 Å². The van der Waals surface area contributed by atoms with Gasteiger partial charge in [0.1, 0.15) is 17.0 Å². The van der Waals surface area contributed by atoms with Crippen LogP contribution in [0.5, 0.6) is 0 Å². The number of esters is 1. The number of hydrogen-bond acceptors (Lipinski definition) is 6. The van der Waals surface area contributed by atoms with Crippen LogP contribution in [0.15, 0.2) is 42.1 Å². The van der Waals surface area contributed by atoms with Crippen LogP contribution < -0.4 is 5.32 Å². The first kappa shape index (κ1) is 23.6. The molecule has 0 aliphatic rings. The predicted octanol–water partition coefficient (Wildman–Crippen LogP) is 4.84. The number of para-hydroxylation sites is 1. The molecule has 7 nitrogen and oxygen atoms in total. The minimum absolute atomic E-state index is 0.0628. The smallest absolute Gasteiger partial charge is 0.343 e. The lowest BCUT2D eigenvalue weighted by molar-refractivity contribution is -0.388. The summed E-state index contributed by atoms with van der Waals surface area (Å²) in [6, 6.07) is 8.20. The van der Waals surface area contributed by atoms with Gasteiger partial charge in [-0.25, -0.2) is 13.6 Å². The van der Waals surface area contributed by atoms with E-state index in [9.17, 15) is 32.9 Å². The number of nitrogens with zero attached hydrogens (tertiary/aromatic N) is 1. The number of nitro groups is 1. The fraction of sp³-hybridized carbons (Fsp3) is 0.238. The minimum atomic E-state index is -2.00. The van der Waals surface area contributed by atoms with Gasteiger partial charge in [0.25, 0.3) is 0 Å². The van der Waals surface area contributed by atoms with Gasteiger partial charge in [-0.05, 0) is 25.5 Å². The van der Waals surface area contributed by atoms with E-state index in [1.54, 1.807) is 30.3 Å². The summed E-state index contributed by atoms with van der Waals surface area (Å²) in [5.74, 6) is -8.14. The van der Waals surface area contributed by atoms with Crippen molar-refractivity contribution in [2.24, 2.45) is 0 Å². The van der Waals surface area contributed by atoms with Crippen molar-refractivity contribution in [3.05, 3.63) is 80.8 Å². The molecule has 0 fully saturated rings. The summed E-state index contributed by atoms with van der Waals surface area (Å²) in [5.41, 5.74) is -4.37. The Kier molecular flexibility index (Phi) is 7.89. The molecule has 2 aromatic rings. The number of ether oxygens (including phenoxy) is 1. The van der Waals surface area contributed by atoms with E-state index in [-0.39, 0.29) is 6.61 Å². The SMILES string of the molecule is CCCCOC(=O)/C(=C/Nc1ccccc1)C(=O)c1c(F)c(C)c(F)c(F)c1[N+](=O)[O-]. The van der Waals surface area contributed by atoms with Crippen LogP contribution in [0.3, 0.4) is 0 Å². The summed E-state index contributed by atoms with van der Waals surface area (Å²) in [6.45, 7) is 2.58. The maximum atomic E-state index is 14.7. The molecule has 0 saturated carbocycles. The van der Waals surface area contributed by atoms with Crippen molar-refractivity contribution in [1.29, 1.82) is 0 Å². The second kappa shape index (κ2) is 10.4. The highest BCUT2D eigenvalue weighted by atomic mass is 19.2. The molecule has 0 aromatic heterocycles. The Labute approximate surface area is 175 Å². The third kappa shape index (κ3) is 5.27. The molecule has 0 heterocycles. The van der Waals surface area contributed by atoms with Crippen LogP contribution in [-0.2, 0) is 9.53 Å². The van der Waals surface area contributed by atoms with Gasteiger partial charge in [0, 0.05) is 17.5 Å². The van der Waals surface area contributed by atoms with Crippen LogP contribution in [0.2, 0.25) is 0 Å². The van der Waals surface area contributed by atoms with Gasteiger partial charge in [-0.15, -0.1) is 0 Å². The van der Waals surface area contributed by atoms with Gasteiger partial charge in [-0.2, -0.15) is 4.39 Å². The summed E-state index contributed by atoms with van der Waals surface area (Å²) < 4.78 is 47.7. The molecule has 0 aliphatic heterocycles. The molecule has 0 amide bonds. The quantitative estimate of drug-likeness (QED) is 0.0695. The zero-order valence-corrected chi connectivity index (χ0v) is 16.7. The Hall–Kier alpha value is -3.69. The molecule has 2 aromatic carbocycles. The third-order valence-corrected chi connectivity index (χ3v) is 4.28. The molecule has 0 spiro atoms. The number of carbonyl (C=O) groups excluding carboxylic acids is 2. The molecule has 0 bridgehead atoms. The van der Waals surface area contributed by atoms with Gasteiger partial charge in [-0.3, -0.25) is 14.9 Å². The summed E-state index contributed by atoms with van der Waals surface area (Å²) in [5, 5.41) is 13.9. The van der Waals surface area contributed by atoms with Crippen LogP contribution in [0.1, 0.15) is 35.7 Å². The number of unbranched alkanes of at least 4 members (excludes halogenated alkanes) is 1. The van der Waals surface area contributed by atoms with Crippen LogP contribution >= 0.6 is 0 Å². The van der Waals surface area contributed by atoms with Crippen molar-refractivity contribution < 1.29 is 32.4 Å². The molecule has 1 N–H and O–H groups in total. The highest BCUT2D eigenvalue weighted by Crippen LogP contribution is 2.32. The van der Waals surface area contributed by atoms with Crippen molar-refractivity contribution in [1.82, 2.24) is 0 Å². The Morgan fingerprint density at radius 1 is 1.13 bits per heavy atom. The van der Waals surface area contributed by atoms with E-state index >= 15 is 0 Å². The fourth-order valence-corrected chi connectivity index (χ4v) is 2.57. The number of nitro benzene ring substituents is 1. The van der Waals surface area contributed by atoms with E-state index in [0.29, 0.717) is 18.5 Å². The van der Waals surface area contributed by atoms with E-state index in [0.717, 1.165) is 13.1 Å². The van der Waals surface area contributed by atoms with Crippen molar-refractivity contribution in [2.45, 2.75) is 26.7 Å². The molecule has 10 heteroatoms. The normalized spacial score (nSPS) is 11.2. The molecule has 0 aliphatic carbocycles. The number of Topliss-reactive ketones (excluding diaryl/α,β-unsaturated/α-hetero) is 1. The number of rotatable bonds is 9. The first-order chi connectivity index (χ1) is 14.7. The topological polar surface area (TPSA) is 98.5 Å². The van der Waals surface area contributed by atoms with Gasteiger partial charge in [-0.1, -0.05) is 31.5 Å². The van der Waals surface area contributed by atoms with Gasteiger partial charge in [0.2, 0.25) is 11.6 Å². The average molecular weight is 436 g/mol. The Bertz CT molecular complexity index is 1040. The van der Waals surface area contributed by atoms with E-state index < -0.39 is 56.5 Å². The first-order valence-electron chi connectivity index (χ1n) is 9.25. The Morgan fingerprint density at radius 2 is 1.77 bits per heavy atom. The number of ketones is 1. The summed E-state index contributed by atoms with van der Waals surface area (Å²) in [7, 11) is 0. The second-order valence-electron chi connectivity index (χ2n) is 6.43. The summed E-state index contributed by atoms with van der Waals surface area (Å²) in [4.78, 5) is 35.3. The van der Waals surface area contributed by atoms with Gasteiger partial charge in [0.05, 0.1) is 11.5 Å². The molecule has 2 rings (SSSR count). The maximum absolute atomic E-state index is 14.7. The lowest BCUT2D eigenvalue weighted by Gasteiger charge is -2.12. The largest absolute Gasteiger partial charge is 0.462 e. The highest BCUT2D eigenvalue weighted by Gasteiger charge is 2.37. The van der Waals surface area contributed by atoms with E-state index in [4.69, 9.17) is 4.74 Å². The molecule has 31 heavy (non-hydrogen) atoms. The fourth-order valence-electron chi connectivity index (χ4n) is 2.57. The molecule has 164 valence electrons. The number of benzene rings is 2. The summed E-state index contributed by atoms with van der Waals surface area (Å²) in [6.07, 6.45) is 2.02. The molecule has 0 saturated heterocycles. The lowest BCUT2D eigenvalue weighted by Crippen LogP contribution is -2.21. The van der Waals surface area contributed by atoms with Crippen LogP contribution in [-0.4, -0.2) is 23.3 Å². The average Bonchev–Trinajstić information content (AvgIpc) is 2.75. The van der Waals surface area contributed by atoms with Crippen molar-refractivity contribution >= 4 is 23.1 Å². The molecule has 0 atom stereocenters. The highest BCUT2D eigenvalue weighted by molar-refractivity contribution is 6.25. The standard InChI is InChI=1S/C21H19F3N2O5/c1-3-4-10-31-21(28)14(11-25-13-8-6-5-7-9-13)20(27)15-16(22)12(2)17(23)18(24)19(15)26(29)30/h5-9,11,25H,3-4,10H2,1-2H3/b14-11+. The number of nitrogens with one attached hydrogen (secondary N) is 1. The van der Waals surface area contributed by atoms with Gasteiger partial charge in [0.15, 0.2) is 5.82 Å².